The van der Waals surface area contributed by atoms with Gasteiger partial charge in [-0.25, -0.2) is 4.79 Å². The Hall–Kier alpha value is -1.32. The zero-order chi connectivity index (χ0) is 18.1. The van der Waals surface area contributed by atoms with Crippen LogP contribution >= 0.6 is 0 Å². The number of allylic oxidation sites excluding steroid dienone is 2. The smallest absolute Gasteiger partial charge is 0.434 e. The van der Waals surface area contributed by atoms with Crippen molar-refractivity contribution < 1.29 is 19.1 Å². The summed E-state index contributed by atoms with van der Waals surface area (Å²) in [5, 5.41) is 0. The minimum absolute atomic E-state index is 0.0555. The maximum atomic E-state index is 12.5. The van der Waals surface area contributed by atoms with Crippen LogP contribution in [0.5, 0.6) is 0 Å². The van der Waals surface area contributed by atoms with E-state index in [1.54, 1.807) is 6.92 Å². The van der Waals surface area contributed by atoms with E-state index in [1.165, 1.54) is 5.57 Å². The van der Waals surface area contributed by atoms with Crippen LogP contribution < -0.4 is 0 Å². The fourth-order valence-electron chi connectivity index (χ4n) is 5.09. The molecule has 4 heteroatoms. The molecule has 0 aromatic rings. The van der Waals surface area contributed by atoms with Crippen molar-refractivity contribution >= 4 is 12.1 Å². The highest BCUT2D eigenvalue weighted by atomic mass is 16.7. The molecule has 5 atom stereocenters. The molecule has 0 amide bonds. The first-order valence-corrected chi connectivity index (χ1v) is 9.22. The van der Waals surface area contributed by atoms with Crippen LogP contribution in [0.1, 0.15) is 67.2 Å². The molecule has 1 saturated carbocycles. The van der Waals surface area contributed by atoms with E-state index in [-0.39, 0.29) is 29.3 Å². The van der Waals surface area contributed by atoms with Gasteiger partial charge in [-0.2, -0.15) is 0 Å². The second-order valence-corrected chi connectivity index (χ2v) is 8.17. The van der Waals surface area contributed by atoms with E-state index in [4.69, 9.17) is 9.47 Å². The van der Waals surface area contributed by atoms with Gasteiger partial charge in [-0.05, 0) is 62.2 Å². The van der Waals surface area contributed by atoms with Crippen molar-refractivity contribution in [3.05, 3.63) is 11.6 Å². The molecule has 0 aromatic carbocycles. The maximum absolute atomic E-state index is 12.5. The molecule has 0 aliphatic heterocycles. The Labute approximate surface area is 146 Å². The van der Waals surface area contributed by atoms with Crippen molar-refractivity contribution in [2.45, 2.75) is 67.2 Å². The molecule has 0 heterocycles. The van der Waals surface area contributed by atoms with Crippen LogP contribution in [0.15, 0.2) is 11.6 Å². The van der Waals surface area contributed by atoms with E-state index in [0.29, 0.717) is 5.92 Å². The van der Waals surface area contributed by atoms with Gasteiger partial charge in [0.1, 0.15) is 0 Å². The summed E-state index contributed by atoms with van der Waals surface area (Å²) in [4.78, 5) is 24.0. The van der Waals surface area contributed by atoms with E-state index < -0.39 is 12.1 Å². The van der Waals surface area contributed by atoms with Gasteiger partial charge in [0.25, 0.3) is 0 Å². The van der Waals surface area contributed by atoms with Gasteiger partial charge in [-0.15, -0.1) is 0 Å². The highest BCUT2D eigenvalue weighted by molar-refractivity contribution is 5.83. The fraction of sp³-hybridized carbons (Fsp3) is 0.800. The topological polar surface area (TPSA) is 52.6 Å². The zero-order valence-corrected chi connectivity index (χ0v) is 16.0. The van der Waals surface area contributed by atoms with Gasteiger partial charge in [-0.1, -0.05) is 39.3 Å². The summed E-state index contributed by atoms with van der Waals surface area (Å²) in [6, 6.07) is 0. The van der Waals surface area contributed by atoms with E-state index in [1.807, 2.05) is 6.92 Å². The number of ether oxygens (including phenoxy) is 2. The summed E-state index contributed by atoms with van der Waals surface area (Å²) in [7, 11) is 0. The number of fused-ring (bicyclic) bond motifs is 1. The second kappa shape index (κ2) is 6.89. The monoisotopic (exact) mass is 336 g/mol. The first-order valence-electron chi connectivity index (χ1n) is 9.22. The van der Waals surface area contributed by atoms with Crippen LogP contribution in [-0.2, 0) is 14.3 Å². The van der Waals surface area contributed by atoms with Gasteiger partial charge in [0.15, 0.2) is 0 Å². The Morgan fingerprint density at radius 3 is 2.62 bits per heavy atom. The summed E-state index contributed by atoms with van der Waals surface area (Å²) in [6.45, 7) is 13.0. The van der Waals surface area contributed by atoms with Crippen molar-refractivity contribution in [1.82, 2.24) is 0 Å². The molecule has 0 unspecified atom stereocenters. The van der Waals surface area contributed by atoms with Gasteiger partial charge in [0, 0.05) is 0 Å². The normalized spacial score (nSPS) is 37.0. The van der Waals surface area contributed by atoms with Gasteiger partial charge < -0.3 is 9.47 Å². The molecule has 24 heavy (non-hydrogen) atoms. The maximum Gasteiger partial charge on any atom is 0.516 e. The average Bonchev–Trinajstić information content (AvgIpc) is 2.50. The molecule has 2 rings (SSSR count). The molecular weight excluding hydrogens is 304 g/mol. The minimum atomic E-state index is -0.887. The van der Waals surface area contributed by atoms with Crippen LogP contribution in [-0.4, -0.2) is 18.7 Å². The lowest BCUT2D eigenvalue weighted by Crippen LogP contribution is -2.54. The second-order valence-electron chi connectivity index (χ2n) is 8.17. The van der Waals surface area contributed by atoms with E-state index in [0.717, 1.165) is 25.7 Å². The van der Waals surface area contributed by atoms with E-state index in [2.05, 4.69) is 33.8 Å². The molecule has 2 aliphatic rings. The van der Waals surface area contributed by atoms with Crippen molar-refractivity contribution in [2.24, 2.45) is 28.6 Å². The molecule has 0 spiro atoms. The highest BCUT2D eigenvalue weighted by Crippen LogP contribution is 2.63. The lowest BCUT2D eigenvalue weighted by molar-refractivity contribution is -0.153. The first-order chi connectivity index (χ1) is 11.2. The largest absolute Gasteiger partial charge is 0.516 e. The Morgan fingerprint density at radius 2 is 2.00 bits per heavy atom. The third-order valence-corrected chi connectivity index (χ3v) is 7.01. The van der Waals surface area contributed by atoms with E-state index >= 15 is 0 Å². The SMILES string of the molecule is CCOC(=O)OC(=O)[C@H](C)[C@@H]1CC[C@@H](C)[C@]2(C)CCC(C)=C[C@]12C. The van der Waals surface area contributed by atoms with Gasteiger partial charge in [0.2, 0.25) is 0 Å². The van der Waals surface area contributed by atoms with Crippen LogP contribution in [0, 0.1) is 28.6 Å². The fourth-order valence-corrected chi connectivity index (χ4v) is 5.09. The zero-order valence-electron chi connectivity index (χ0n) is 16.0. The predicted octanol–water partition coefficient (Wildman–Crippen LogP) is 5.12. The molecule has 0 saturated heterocycles. The number of hydrogen-bond acceptors (Lipinski definition) is 4. The molecule has 2 aliphatic carbocycles. The van der Waals surface area contributed by atoms with Crippen molar-refractivity contribution in [3.8, 4) is 0 Å². The van der Waals surface area contributed by atoms with Crippen LogP contribution in [0.4, 0.5) is 4.79 Å². The van der Waals surface area contributed by atoms with Crippen LogP contribution in [0.3, 0.4) is 0 Å². The molecule has 136 valence electrons. The molecule has 0 N–H and O–H groups in total. The first kappa shape index (κ1) is 19.0. The van der Waals surface area contributed by atoms with Crippen LogP contribution in [0.2, 0.25) is 0 Å². The summed E-state index contributed by atoms with van der Waals surface area (Å²) < 4.78 is 9.64. The van der Waals surface area contributed by atoms with E-state index in [9.17, 15) is 9.59 Å². The Balaban J connectivity index is 2.27. The van der Waals surface area contributed by atoms with Gasteiger partial charge in [0.05, 0.1) is 12.5 Å². The Morgan fingerprint density at radius 1 is 1.33 bits per heavy atom. The van der Waals surface area contributed by atoms with Crippen LogP contribution in [0.25, 0.3) is 0 Å². The molecule has 0 radical (unpaired) electrons. The van der Waals surface area contributed by atoms with Gasteiger partial charge in [-0.3, -0.25) is 4.79 Å². The highest BCUT2D eigenvalue weighted by Gasteiger charge is 2.56. The molecule has 1 fully saturated rings. The average molecular weight is 336 g/mol. The predicted molar refractivity (Wildman–Crippen MR) is 93.4 cm³/mol. The number of carbonyl (C=O) groups is 2. The molecular formula is C20H32O4. The Kier molecular flexibility index (Phi) is 5.46. The summed E-state index contributed by atoms with van der Waals surface area (Å²) in [6.07, 6.45) is 5.89. The Bertz CT molecular complexity index is 538. The minimum Gasteiger partial charge on any atom is -0.434 e. The lowest BCUT2D eigenvalue weighted by atomic mass is 9.44. The van der Waals surface area contributed by atoms with Crippen molar-refractivity contribution in [3.63, 3.8) is 0 Å². The standard InChI is InChI=1S/C20H32O4/c1-7-23-18(22)24-17(21)15(4)16-9-8-14(3)19(5)11-10-13(2)12-20(16,19)6/h12,14-16H,7-11H2,1-6H3/t14-,15-,16+,19+,20-/m1/s1. The van der Waals surface area contributed by atoms with Crippen molar-refractivity contribution in [2.75, 3.05) is 6.61 Å². The summed E-state index contributed by atoms with van der Waals surface area (Å²) in [5.74, 6) is 0.00818. The molecule has 4 nitrogen and oxygen atoms in total. The third kappa shape index (κ3) is 3.12. The number of hydrogen-bond donors (Lipinski definition) is 0. The summed E-state index contributed by atoms with van der Waals surface area (Å²) >= 11 is 0. The summed E-state index contributed by atoms with van der Waals surface area (Å²) in [5.41, 5.74) is 1.52. The number of rotatable bonds is 3. The quantitative estimate of drug-likeness (QED) is 0.408. The van der Waals surface area contributed by atoms with Gasteiger partial charge >= 0.3 is 12.1 Å². The lowest BCUT2D eigenvalue weighted by Gasteiger charge is -2.60. The number of carbonyl (C=O) groups excluding carboxylic acids is 2. The third-order valence-electron chi connectivity index (χ3n) is 7.01. The van der Waals surface area contributed by atoms with Crippen molar-refractivity contribution in [1.29, 1.82) is 0 Å². The molecule has 0 aromatic heterocycles. The molecule has 0 bridgehead atoms. The number of esters is 1.